The smallest absolute Gasteiger partial charge is 0.137 e. The molecule has 0 aliphatic rings. The fourth-order valence-corrected chi connectivity index (χ4v) is 2.11. The average molecular weight is 257 g/mol. The predicted octanol–water partition coefficient (Wildman–Crippen LogP) is 2.53. The van der Waals surface area contributed by atoms with Gasteiger partial charge in [-0.2, -0.15) is 0 Å². The summed E-state index contributed by atoms with van der Waals surface area (Å²) in [6, 6.07) is 4.22. The molecule has 0 aliphatic carbocycles. The minimum atomic E-state index is 0.262. The second kappa shape index (κ2) is 6.84. The third kappa shape index (κ3) is 3.60. The lowest BCUT2D eigenvalue weighted by atomic mass is 10.0. The van der Waals surface area contributed by atoms with E-state index in [9.17, 15) is 0 Å². The highest BCUT2D eigenvalue weighted by Gasteiger charge is 2.14. The second-order valence-electron chi connectivity index (χ2n) is 3.99. The van der Waals surface area contributed by atoms with E-state index in [0.717, 1.165) is 18.8 Å². The summed E-state index contributed by atoms with van der Waals surface area (Å²) in [4.78, 5) is 0. The van der Waals surface area contributed by atoms with Crippen LogP contribution in [0, 0.1) is 6.92 Å². The van der Waals surface area contributed by atoms with Crippen LogP contribution in [0.25, 0.3) is 0 Å². The summed E-state index contributed by atoms with van der Waals surface area (Å²) in [5, 5.41) is 7.29. The number of hydrogen-bond acceptors (Lipinski definition) is 3. The normalized spacial score (nSPS) is 12.5. The molecule has 96 valence electrons. The third-order valence-corrected chi connectivity index (χ3v) is 3.16. The Morgan fingerprint density at radius 1 is 1.41 bits per heavy atom. The van der Waals surface area contributed by atoms with Crippen LogP contribution in [0.5, 0.6) is 5.75 Å². The van der Waals surface area contributed by atoms with Gasteiger partial charge in [0.05, 0.1) is 12.1 Å². The summed E-state index contributed by atoms with van der Waals surface area (Å²) in [6.45, 7) is 6.02. The molecule has 1 aromatic carbocycles. The number of aryl methyl sites for hydroxylation is 1. The van der Waals surface area contributed by atoms with Gasteiger partial charge in [0.1, 0.15) is 5.75 Å². The van der Waals surface area contributed by atoms with Crippen LogP contribution in [0.2, 0.25) is 5.02 Å². The van der Waals surface area contributed by atoms with E-state index >= 15 is 0 Å². The van der Waals surface area contributed by atoms with Gasteiger partial charge in [-0.1, -0.05) is 18.5 Å². The van der Waals surface area contributed by atoms with Crippen molar-refractivity contribution < 1.29 is 4.74 Å². The zero-order chi connectivity index (χ0) is 12.8. The van der Waals surface area contributed by atoms with E-state index in [4.69, 9.17) is 16.3 Å². The zero-order valence-electron chi connectivity index (χ0n) is 10.9. The van der Waals surface area contributed by atoms with Crippen LogP contribution in [-0.2, 0) is 0 Å². The molecule has 0 fully saturated rings. The molecule has 0 aromatic heterocycles. The van der Waals surface area contributed by atoms with Gasteiger partial charge in [-0.3, -0.25) is 0 Å². The quantitative estimate of drug-likeness (QED) is 0.821. The summed E-state index contributed by atoms with van der Waals surface area (Å²) in [5.41, 5.74) is 2.39. The minimum Gasteiger partial charge on any atom is -0.495 e. The number of nitrogens with one attached hydrogen (secondary N) is 2. The molecule has 1 aromatic rings. The molecule has 1 unspecified atom stereocenters. The Labute approximate surface area is 109 Å². The largest absolute Gasteiger partial charge is 0.495 e. The van der Waals surface area contributed by atoms with E-state index in [1.54, 1.807) is 7.11 Å². The zero-order valence-corrected chi connectivity index (χ0v) is 11.7. The first-order valence-electron chi connectivity index (χ1n) is 5.86. The monoisotopic (exact) mass is 256 g/mol. The fraction of sp³-hybridized carbons (Fsp3) is 0.538. The Morgan fingerprint density at radius 2 is 2.12 bits per heavy atom. The van der Waals surface area contributed by atoms with Gasteiger partial charge in [0, 0.05) is 12.6 Å². The van der Waals surface area contributed by atoms with Gasteiger partial charge in [-0.15, -0.1) is 0 Å². The number of benzene rings is 1. The van der Waals surface area contributed by atoms with Crippen molar-refractivity contribution in [1.29, 1.82) is 0 Å². The van der Waals surface area contributed by atoms with Crippen LogP contribution in [0.1, 0.15) is 24.1 Å². The highest BCUT2D eigenvalue weighted by molar-refractivity contribution is 6.32. The van der Waals surface area contributed by atoms with Crippen LogP contribution in [-0.4, -0.2) is 27.2 Å². The van der Waals surface area contributed by atoms with E-state index in [0.29, 0.717) is 5.02 Å². The average Bonchev–Trinajstić information content (AvgIpc) is 2.33. The van der Waals surface area contributed by atoms with Crippen molar-refractivity contribution in [2.45, 2.75) is 19.9 Å². The van der Waals surface area contributed by atoms with Crippen molar-refractivity contribution in [3.63, 3.8) is 0 Å². The molecule has 0 radical (unpaired) electrons. The van der Waals surface area contributed by atoms with Crippen LogP contribution in [0.4, 0.5) is 0 Å². The molecule has 17 heavy (non-hydrogen) atoms. The number of methoxy groups -OCH3 is 1. The van der Waals surface area contributed by atoms with Crippen LogP contribution < -0.4 is 15.4 Å². The predicted molar refractivity (Wildman–Crippen MR) is 73.1 cm³/mol. The lowest BCUT2D eigenvalue weighted by molar-refractivity contribution is 0.414. The maximum Gasteiger partial charge on any atom is 0.137 e. The van der Waals surface area contributed by atoms with Gasteiger partial charge in [0.2, 0.25) is 0 Å². The Balaban J connectivity index is 2.99. The van der Waals surface area contributed by atoms with E-state index in [-0.39, 0.29) is 6.04 Å². The molecular formula is C13H21ClN2O. The molecule has 0 amide bonds. The molecule has 1 atom stereocenters. The van der Waals surface area contributed by atoms with Gasteiger partial charge in [-0.05, 0) is 43.8 Å². The lowest BCUT2D eigenvalue weighted by Gasteiger charge is -2.20. The summed E-state index contributed by atoms with van der Waals surface area (Å²) in [7, 11) is 3.59. The minimum absolute atomic E-state index is 0.262. The third-order valence-electron chi connectivity index (χ3n) is 2.86. The summed E-state index contributed by atoms with van der Waals surface area (Å²) in [5.74, 6) is 0.728. The van der Waals surface area contributed by atoms with Crippen LogP contribution >= 0.6 is 11.6 Å². The Kier molecular flexibility index (Phi) is 5.75. The molecule has 1 rings (SSSR count). The molecule has 4 heteroatoms. The summed E-state index contributed by atoms with van der Waals surface area (Å²) in [6.07, 6.45) is 0. The number of hydrogen-bond donors (Lipinski definition) is 2. The summed E-state index contributed by atoms with van der Waals surface area (Å²) < 4.78 is 5.21. The molecule has 0 bridgehead atoms. The lowest BCUT2D eigenvalue weighted by Crippen LogP contribution is -2.29. The van der Waals surface area contributed by atoms with Crippen molar-refractivity contribution in [1.82, 2.24) is 10.6 Å². The molecular weight excluding hydrogens is 236 g/mol. The topological polar surface area (TPSA) is 33.3 Å². The van der Waals surface area contributed by atoms with Gasteiger partial charge in [0.25, 0.3) is 0 Å². The fourth-order valence-electron chi connectivity index (χ4n) is 1.86. The maximum absolute atomic E-state index is 6.16. The van der Waals surface area contributed by atoms with Crippen LogP contribution in [0.15, 0.2) is 12.1 Å². The molecule has 0 heterocycles. The second-order valence-corrected chi connectivity index (χ2v) is 4.40. The SMILES string of the molecule is CCNCC(NC)c1cc(Cl)c(OC)cc1C. The Bertz CT molecular complexity index is 369. The van der Waals surface area contributed by atoms with Gasteiger partial charge >= 0.3 is 0 Å². The van der Waals surface area contributed by atoms with E-state index in [1.165, 1.54) is 11.1 Å². The van der Waals surface area contributed by atoms with E-state index in [2.05, 4.69) is 24.5 Å². The van der Waals surface area contributed by atoms with Crippen molar-refractivity contribution in [2.24, 2.45) is 0 Å². The molecule has 3 nitrogen and oxygen atoms in total. The number of likely N-dealkylation sites (N-methyl/N-ethyl adjacent to an activating group) is 2. The van der Waals surface area contributed by atoms with Gasteiger partial charge in [-0.25, -0.2) is 0 Å². The highest BCUT2D eigenvalue weighted by Crippen LogP contribution is 2.30. The molecule has 0 saturated heterocycles. The highest BCUT2D eigenvalue weighted by atomic mass is 35.5. The van der Waals surface area contributed by atoms with Gasteiger partial charge < -0.3 is 15.4 Å². The number of halogens is 1. The number of ether oxygens (including phenoxy) is 1. The van der Waals surface area contributed by atoms with Crippen molar-refractivity contribution >= 4 is 11.6 Å². The van der Waals surface area contributed by atoms with Crippen molar-refractivity contribution in [2.75, 3.05) is 27.2 Å². The maximum atomic E-state index is 6.16. The first-order valence-corrected chi connectivity index (χ1v) is 6.23. The van der Waals surface area contributed by atoms with Gasteiger partial charge in [0.15, 0.2) is 0 Å². The standard InChI is InChI=1S/C13H21ClN2O/c1-5-16-8-12(15-3)10-7-11(14)13(17-4)6-9(10)2/h6-7,12,15-16H,5,8H2,1-4H3. The Hall–Kier alpha value is -0.770. The van der Waals surface area contributed by atoms with E-state index in [1.807, 2.05) is 19.2 Å². The Morgan fingerprint density at radius 3 is 2.65 bits per heavy atom. The molecule has 0 aliphatic heterocycles. The first kappa shape index (κ1) is 14.3. The summed E-state index contributed by atoms with van der Waals surface area (Å²) >= 11 is 6.16. The van der Waals surface area contributed by atoms with Crippen molar-refractivity contribution in [3.8, 4) is 5.75 Å². The molecule has 0 spiro atoms. The van der Waals surface area contributed by atoms with E-state index < -0.39 is 0 Å². The molecule has 0 saturated carbocycles. The number of rotatable bonds is 6. The van der Waals surface area contributed by atoms with Crippen LogP contribution in [0.3, 0.4) is 0 Å². The first-order chi connectivity index (χ1) is 8.13. The van der Waals surface area contributed by atoms with Crippen molar-refractivity contribution in [3.05, 3.63) is 28.3 Å². The molecule has 2 N–H and O–H groups in total.